The molecule has 1 unspecified atom stereocenters. The highest BCUT2D eigenvalue weighted by atomic mass is 32.2. The largest absolute Gasteiger partial charge is 0.480 e. The summed E-state index contributed by atoms with van der Waals surface area (Å²) in [6.45, 7) is 7.22. The SMILES string of the molecule is Cc1cc(C)nc(SCC(=O)NC(C(=O)O)C(C)C)n1. The number of carboxylic acids is 1. The molecule has 0 aliphatic carbocycles. The number of rotatable bonds is 6. The third-order valence-corrected chi connectivity index (χ3v) is 3.39. The van der Waals surface area contributed by atoms with E-state index in [1.165, 1.54) is 11.8 Å². The Hall–Kier alpha value is -1.63. The van der Waals surface area contributed by atoms with Gasteiger partial charge in [0.15, 0.2) is 5.16 Å². The first-order valence-corrected chi connectivity index (χ1v) is 7.25. The summed E-state index contributed by atoms with van der Waals surface area (Å²) in [5, 5.41) is 12.0. The minimum absolute atomic E-state index is 0.0966. The maximum Gasteiger partial charge on any atom is 0.326 e. The van der Waals surface area contributed by atoms with Crippen LogP contribution in [-0.4, -0.2) is 38.7 Å². The Morgan fingerprint density at radius 1 is 1.30 bits per heavy atom. The standard InChI is InChI=1S/C13H19N3O3S/c1-7(2)11(12(18)19)16-10(17)6-20-13-14-8(3)5-9(4)15-13/h5,7,11H,6H2,1-4H3,(H,16,17)(H,18,19). The van der Waals surface area contributed by atoms with Crippen molar-refractivity contribution in [2.45, 2.75) is 38.9 Å². The van der Waals surface area contributed by atoms with Gasteiger partial charge in [0.05, 0.1) is 5.75 Å². The number of aryl methyl sites for hydroxylation is 2. The van der Waals surface area contributed by atoms with E-state index < -0.39 is 12.0 Å². The molecular weight excluding hydrogens is 278 g/mol. The Balaban J connectivity index is 2.56. The number of thioether (sulfide) groups is 1. The molecule has 1 aromatic rings. The highest BCUT2D eigenvalue weighted by Gasteiger charge is 2.23. The van der Waals surface area contributed by atoms with Gasteiger partial charge in [0, 0.05) is 11.4 Å². The zero-order chi connectivity index (χ0) is 15.3. The Morgan fingerprint density at radius 3 is 2.30 bits per heavy atom. The number of nitrogens with one attached hydrogen (secondary N) is 1. The molecule has 0 saturated heterocycles. The fraction of sp³-hybridized carbons (Fsp3) is 0.538. The van der Waals surface area contributed by atoms with E-state index >= 15 is 0 Å². The number of carbonyl (C=O) groups excluding carboxylic acids is 1. The average molecular weight is 297 g/mol. The molecule has 2 N–H and O–H groups in total. The fourth-order valence-corrected chi connectivity index (χ4v) is 2.38. The van der Waals surface area contributed by atoms with Crippen LogP contribution in [0.25, 0.3) is 0 Å². The van der Waals surface area contributed by atoms with Gasteiger partial charge in [-0.3, -0.25) is 4.79 Å². The first-order chi connectivity index (χ1) is 9.29. The summed E-state index contributed by atoms with van der Waals surface area (Å²) in [7, 11) is 0. The third-order valence-electron chi connectivity index (χ3n) is 2.54. The molecule has 7 heteroatoms. The van der Waals surface area contributed by atoms with Gasteiger partial charge in [-0.15, -0.1) is 0 Å². The molecular formula is C13H19N3O3S. The molecule has 1 heterocycles. The summed E-state index contributed by atoms with van der Waals surface area (Å²) in [6.07, 6.45) is 0. The van der Waals surface area contributed by atoms with Crippen LogP contribution in [-0.2, 0) is 9.59 Å². The van der Waals surface area contributed by atoms with Crippen LogP contribution >= 0.6 is 11.8 Å². The van der Waals surface area contributed by atoms with Gasteiger partial charge in [-0.05, 0) is 25.8 Å². The van der Waals surface area contributed by atoms with Gasteiger partial charge in [0.1, 0.15) is 6.04 Å². The number of carbonyl (C=O) groups is 2. The van der Waals surface area contributed by atoms with Crippen LogP contribution in [0.15, 0.2) is 11.2 Å². The summed E-state index contributed by atoms with van der Waals surface area (Å²) in [6, 6.07) is 0.979. The number of nitrogens with zero attached hydrogens (tertiary/aromatic N) is 2. The molecule has 1 aromatic heterocycles. The van der Waals surface area contributed by atoms with E-state index in [9.17, 15) is 9.59 Å². The number of hydrogen-bond acceptors (Lipinski definition) is 5. The number of aromatic nitrogens is 2. The molecule has 0 aromatic carbocycles. The molecule has 0 fully saturated rings. The fourth-order valence-electron chi connectivity index (χ4n) is 1.62. The van der Waals surface area contributed by atoms with Crippen molar-refractivity contribution in [3.63, 3.8) is 0 Å². The van der Waals surface area contributed by atoms with Gasteiger partial charge in [0.2, 0.25) is 5.91 Å². The van der Waals surface area contributed by atoms with Crippen molar-refractivity contribution in [3.05, 3.63) is 17.5 Å². The second kappa shape index (κ2) is 7.23. The van der Waals surface area contributed by atoms with Gasteiger partial charge < -0.3 is 10.4 Å². The van der Waals surface area contributed by atoms with Crippen molar-refractivity contribution >= 4 is 23.6 Å². The predicted octanol–water partition coefficient (Wildman–Crippen LogP) is 1.41. The summed E-state index contributed by atoms with van der Waals surface area (Å²) in [5.41, 5.74) is 1.68. The minimum Gasteiger partial charge on any atom is -0.480 e. The van der Waals surface area contributed by atoms with Crippen LogP contribution < -0.4 is 5.32 Å². The Morgan fingerprint density at radius 2 is 1.85 bits per heavy atom. The van der Waals surface area contributed by atoms with E-state index in [4.69, 9.17) is 5.11 Å². The van der Waals surface area contributed by atoms with Crippen molar-refractivity contribution < 1.29 is 14.7 Å². The van der Waals surface area contributed by atoms with Crippen molar-refractivity contribution in [1.82, 2.24) is 15.3 Å². The molecule has 1 amide bonds. The molecule has 0 saturated carbocycles. The lowest BCUT2D eigenvalue weighted by Crippen LogP contribution is -2.45. The Bertz CT molecular complexity index is 485. The highest BCUT2D eigenvalue weighted by Crippen LogP contribution is 2.14. The highest BCUT2D eigenvalue weighted by molar-refractivity contribution is 7.99. The van der Waals surface area contributed by atoms with Crippen LogP contribution in [0.1, 0.15) is 25.2 Å². The molecule has 110 valence electrons. The molecule has 1 rings (SSSR count). The molecule has 0 spiro atoms. The van der Waals surface area contributed by atoms with Crippen molar-refractivity contribution in [2.75, 3.05) is 5.75 Å². The van der Waals surface area contributed by atoms with Crippen LogP contribution in [0.2, 0.25) is 0 Å². The molecule has 6 nitrogen and oxygen atoms in total. The van der Waals surface area contributed by atoms with Crippen molar-refractivity contribution in [3.8, 4) is 0 Å². The van der Waals surface area contributed by atoms with Crippen LogP contribution in [0, 0.1) is 19.8 Å². The normalized spacial score (nSPS) is 12.2. The Labute approximate surface area is 122 Å². The van der Waals surface area contributed by atoms with E-state index in [0.717, 1.165) is 11.4 Å². The number of carboxylic acid groups (broad SMARTS) is 1. The van der Waals surface area contributed by atoms with Crippen LogP contribution in [0.5, 0.6) is 0 Å². The zero-order valence-electron chi connectivity index (χ0n) is 12.0. The van der Waals surface area contributed by atoms with Crippen LogP contribution in [0.4, 0.5) is 0 Å². The summed E-state index contributed by atoms with van der Waals surface area (Å²) < 4.78 is 0. The lowest BCUT2D eigenvalue weighted by molar-refractivity contribution is -0.142. The summed E-state index contributed by atoms with van der Waals surface area (Å²) >= 11 is 1.20. The predicted molar refractivity (Wildman–Crippen MR) is 76.6 cm³/mol. The molecule has 1 atom stereocenters. The maximum absolute atomic E-state index is 11.8. The van der Waals surface area contributed by atoms with E-state index in [1.807, 2.05) is 19.9 Å². The molecule has 0 aliphatic rings. The van der Waals surface area contributed by atoms with Crippen LogP contribution in [0.3, 0.4) is 0 Å². The van der Waals surface area contributed by atoms with E-state index in [0.29, 0.717) is 5.16 Å². The topological polar surface area (TPSA) is 92.2 Å². The van der Waals surface area contributed by atoms with Gasteiger partial charge in [-0.1, -0.05) is 25.6 Å². The molecule has 0 aliphatic heterocycles. The molecule has 0 radical (unpaired) electrons. The van der Waals surface area contributed by atoms with Gasteiger partial charge in [0.25, 0.3) is 0 Å². The second-order valence-electron chi connectivity index (χ2n) is 4.85. The van der Waals surface area contributed by atoms with E-state index in [2.05, 4.69) is 15.3 Å². The Kier molecular flexibility index (Phi) is 5.94. The van der Waals surface area contributed by atoms with E-state index in [-0.39, 0.29) is 17.6 Å². The van der Waals surface area contributed by atoms with Crippen molar-refractivity contribution in [1.29, 1.82) is 0 Å². The minimum atomic E-state index is -1.03. The number of aliphatic carboxylic acids is 1. The zero-order valence-corrected chi connectivity index (χ0v) is 12.8. The first kappa shape index (κ1) is 16.4. The number of amides is 1. The molecule has 0 bridgehead atoms. The van der Waals surface area contributed by atoms with E-state index in [1.54, 1.807) is 13.8 Å². The average Bonchev–Trinajstić information content (AvgIpc) is 2.31. The van der Waals surface area contributed by atoms with Gasteiger partial charge in [-0.25, -0.2) is 14.8 Å². The lowest BCUT2D eigenvalue weighted by Gasteiger charge is -2.17. The third kappa shape index (κ3) is 5.16. The summed E-state index contributed by atoms with van der Waals surface area (Å²) in [5.74, 6) is -1.43. The first-order valence-electron chi connectivity index (χ1n) is 6.27. The quantitative estimate of drug-likeness (QED) is 0.609. The van der Waals surface area contributed by atoms with Gasteiger partial charge >= 0.3 is 5.97 Å². The molecule has 20 heavy (non-hydrogen) atoms. The number of hydrogen-bond donors (Lipinski definition) is 2. The lowest BCUT2D eigenvalue weighted by atomic mass is 10.1. The van der Waals surface area contributed by atoms with Crippen molar-refractivity contribution in [2.24, 2.45) is 5.92 Å². The smallest absolute Gasteiger partial charge is 0.326 e. The van der Waals surface area contributed by atoms with Gasteiger partial charge in [-0.2, -0.15) is 0 Å². The summed E-state index contributed by atoms with van der Waals surface area (Å²) in [4.78, 5) is 31.2. The monoisotopic (exact) mass is 297 g/mol. The maximum atomic E-state index is 11.8. The second-order valence-corrected chi connectivity index (χ2v) is 5.79.